The zero-order valence-corrected chi connectivity index (χ0v) is 11.3. The van der Waals surface area contributed by atoms with Gasteiger partial charge in [-0.15, -0.1) is 11.3 Å². The fraction of sp³-hybridized carbons (Fsp3) is 0.545. The lowest BCUT2D eigenvalue weighted by Gasteiger charge is -2.13. The van der Waals surface area contributed by atoms with Crippen molar-refractivity contribution in [3.63, 3.8) is 0 Å². The van der Waals surface area contributed by atoms with Crippen LogP contribution in [-0.4, -0.2) is 25.9 Å². The Bertz CT molecular complexity index is 547. The minimum Gasteiger partial charge on any atom is -0.278 e. The molecule has 0 amide bonds. The first-order chi connectivity index (χ1) is 7.22. The number of thiazole rings is 1. The normalized spacial score (nSPS) is 25.6. The van der Waals surface area contributed by atoms with Crippen LogP contribution >= 0.6 is 11.3 Å². The Balaban J connectivity index is 2.56. The van der Waals surface area contributed by atoms with Crippen molar-refractivity contribution in [1.82, 2.24) is 4.98 Å². The van der Waals surface area contributed by atoms with Crippen LogP contribution in [-0.2, 0) is 21.4 Å². The number of aryl methyl sites for hydroxylation is 1. The molecule has 1 unspecified atom stereocenters. The fourth-order valence-corrected chi connectivity index (χ4v) is 4.27. The second-order valence-electron chi connectivity index (χ2n) is 5.10. The van der Waals surface area contributed by atoms with Gasteiger partial charge >= 0.3 is 0 Å². The summed E-state index contributed by atoms with van der Waals surface area (Å²) >= 11 is 1.37. The van der Waals surface area contributed by atoms with E-state index in [2.05, 4.69) is 31.6 Å². The molecule has 5 heteroatoms. The first-order valence-electron chi connectivity index (χ1n) is 5.11. The summed E-state index contributed by atoms with van der Waals surface area (Å²) < 4.78 is 11.9. The highest BCUT2D eigenvalue weighted by molar-refractivity contribution is 8.14. The van der Waals surface area contributed by atoms with Gasteiger partial charge in [-0.2, -0.15) is 0 Å². The molecule has 1 aromatic rings. The number of hydrogen-bond donors (Lipinski definition) is 0. The van der Waals surface area contributed by atoms with E-state index in [0.717, 1.165) is 10.7 Å². The highest BCUT2D eigenvalue weighted by Gasteiger charge is 2.32. The van der Waals surface area contributed by atoms with Gasteiger partial charge in [0.1, 0.15) is 4.88 Å². The molecule has 2 heterocycles. The lowest BCUT2D eigenvalue weighted by atomic mass is 9.98. The number of carbonyl (C=O) groups is 1. The third kappa shape index (κ3) is 1.82. The zero-order chi connectivity index (χ0) is 12.1. The predicted molar refractivity (Wildman–Crippen MR) is 69.0 cm³/mol. The van der Waals surface area contributed by atoms with Crippen LogP contribution in [0.25, 0.3) is 0 Å². The molecule has 0 spiro atoms. The summed E-state index contributed by atoms with van der Waals surface area (Å²) in [6, 6.07) is 0. The van der Waals surface area contributed by atoms with Crippen molar-refractivity contribution in [3.8, 4) is 0 Å². The highest BCUT2D eigenvalue weighted by Crippen LogP contribution is 2.32. The summed E-state index contributed by atoms with van der Waals surface area (Å²) in [6.45, 7) is 6.18. The van der Waals surface area contributed by atoms with E-state index in [1.54, 1.807) is 0 Å². The molecule has 1 aromatic heterocycles. The monoisotopic (exact) mass is 257 g/mol. The van der Waals surface area contributed by atoms with Gasteiger partial charge in [-0.25, -0.2) is 4.98 Å². The first-order valence-corrected chi connectivity index (χ1v) is 7.82. The van der Waals surface area contributed by atoms with Crippen molar-refractivity contribution in [1.29, 1.82) is 0 Å². The topological polar surface area (TPSA) is 47.0 Å². The minimum absolute atomic E-state index is 0.0651. The maximum Gasteiger partial charge on any atom is 0.253 e. The molecule has 1 aliphatic rings. The molecule has 3 nitrogen and oxygen atoms in total. The van der Waals surface area contributed by atoms with E-state index >= 15 is 0 Å². The highest BCUT2D eigenvalue weighted by atomic mass is 32.2. The van der Waals surface area contributed by atoms with Crippen molar-refractivity contribution in [2.45, 2.75) is 32.6 Å². The summed E-state index contributed by atoms with van der Waals surface area (Å²) in [4.78, 5) is 17.0. The van der Waals surface area contributed by atoms with Crippen molar-refractivity contribution < 1.29 is 9.00 Å². The van der Waals surface area contributed by atoms with Crippen LogP contribution < -0.4 is 0 Å². The first kappa shape index (κ1) is 11.8. The SMILES string of the molecule is C=S1(=O)CCc2nc(C(C)(C)C)sc2C1=O. The average Bonchev–Trinajstić information content (AvgIpc) is 2.55. The number of rotatable bonds is 0. The maximum atomic E-state index is 11.9. The van der Waals surface area contributed by atoms with Gasteiger partial charge in [0.05, 0.1) is 10.7 Å². The van der Waals surface area contributed by atoms with Gasteiger partial charge in [0, 0.05) is 27.1 Å². The smallest absolute Gasteiger partial charge is 0.253 e. The second kappa shape index (κ2) is 3.40. The van der Waals surface area contributed by atoms with Gasteiger partial charge in [0.2, 0.25) is 0 Å². The molecule has 0 aliphatic carbocycles. The molecular formula is C11H15NO2S2. The van der Waals surface area contributed by atoms with Gasteiger partial charge in [-0.1, -0.05) is 20.8 Å². The van der Waals surface area contributed by atoms with Crippen LogP contribution in [0.15, 0.2) is 0 Å². The molecule has 88 valence electrons. The predicted octanol–water partition coefficient (Wildman–Crippen LogP) is 1.85. The van der Waals surface area contributed by atoms with Crippen LogP contribution in [0.2, 0.25) is 0 Å². The molecule has 0 radical (unpaired) electrons. The van der Waals surface area contributed by atoms with E-state index in [1.807, 2.05) is 0 Å². The van der Waals surface area contributed by atoms with Crippen molar-refractivity contribution >= 4 is 31.8 Å². The molecule has 16 heavy (non-hydrogen) atoms. The summed E-state index contributed by atoms with van der Waals surface area (Å²) in [6.07, 6.45) is 0.607. The Morgan fingerprint density at radius 3 is 2.62 bits per heavy atom. The molecular weight excluding hydrogens is 242 g/mol. The molecule has 0 N–H and O–H groups in total. The molecule has 0 saturated heterocycles. The van der Waals surface area contributed by atoms with Crippen molar-refractivity contribution in [2.75, 3.05) is 5.75 Å². The van der Waals surface area contributed by atoms with Gasteiger partial charge < -0.3 is 0 Å². The molecule has 0 aromatic carbocycles. The Morgan fingerprint density at radius 1 is 1.44 bits per heavy atom. The Morgan fingerprint density at radius 2 is 2.06 bits per heavy atom. The van der Waals surface area contributed by atoms with Crippen LogP contribution in [0.3, 0.4) is 0 Å². The van der Waals surface area contributed by atoms with Gasteiger partial charge in [-0.3, -0.25) is 9.00 Å². The molecule has 1 aliphatic heterocycles. The van der Waals surface area contributed by atoms with E-state index in [1.165, 1.54) is 11.3 Å². The number of fused-ring (bicyclic) bond motifs is 1. The van der Waals surface area contributed by atoms with Crippen LogP contribution in [0, 0.1) is 0 Å². The van der Waals surface area contributed by atoms with Crippen molar-refractivity contribution in [2.24, 2.45) is 0 Å². The van der Waals surface area contributed by atoms with Crippen molar-refractivity contribution in [3.05, 3.63) is 15.6 Å². The number of hydrogen-bond acceptors (Lipinski definition) is 4. The van der Waals surface area contributed by atoms with Gasteiger partial charge in [0.15, 0.2) is 0 Å². The summed E-state index contributed by atoms with van der Waals surface area (Å²) in [5, 5.41) is 0.629. The average molecular weight is 257 g/mol. The van der Waals surface area contributed by atoms with E-state index in [0.29, 0.717) is 17.1 Å². The molecule has 1 atom stereocenters. The van der Waals surface area contributed by atoms with E-state index in [9.17, 15) is 9.00 Å². The van der Waals surface area contributed by atoms with Gasteiger partial charge in [0.25, 0.3) is 5.12 Å². The van der Waals surface area contributed by atoms with Crippen LogP contribution in [0.5, 0.6) is 0 Å². The summed E-state index contributed by atoms with van der Waals surface area (Å²) in [5.74, 6) is 3.88. The third-order valence-corrected chi connectivity index (χ3v) is 5.93. The standard InChI is InChI=1S/C11H15NO2S2/c1-11(2,3)10-12-7-5-6-16(4,14)9(13)8(7)15-10/h4-6H2,1-3H3. The second-order valence-corrected chi connectivity index (χ2v) is 8.50. The number of nitrogens with zero attached hydrogens (tertiary/aromatic N) is 1. The number of aromatic nitrogens is 1. The molecule has 0 bridgehead atoms. The Labute approximate surface area is 99.9 Å². The fourth-order valence-electron chi connectivity index (χ4n) is 1.52. The third-order valence-electron chi connectivity index (χ3n) is 2.53. The Hall–Kier alpha value is -0.680. The zero-order valence-electron chi connectivity index (χ0n) is 9.70. The number of carbonyl (C=O) groups excluding carboxylic acids is 1. The van der Waals surface area contributed by atoms with E-state index < -0.39 is 9.52 Å². The summed E-state index contributed by atoms with van der Waals surface area (Å²) in [7, 11) is -2.58. The minimum atomic E-state index is -2.58. The van der Waals surface area contributed by atoms with E-state index in [-0.39, 0.29) is 10.5 Å². The summed E-state index contributed by atoms with van der Waals surface area (Å²) in [5.41, 5.74) is 0.743. The maximum absolute atomic E-state index is 11.9. The molecule has 0 fully saturated rings. The largest absolute Gasteiger partial charge is 0.278 e. The van der Waals surface area contributed by atoms with Gasteiger partial charge in [-0.05, 0) is 5.87 Å². The van der Waals surface area contributed by atoms with E-state index in [4.69, 9.17) is 0 Å². The van der Waals surface area contributed by atoms with Crippen LogP contribution in [0.4, 0.5) is 0 Å². The molecule has 0 saturated carbocycles. The quantitative estimate of drug-likeness (QED) is 0.666. The van der Waals surface area contributed by atoms with Crippen LogP contribution in [0.1, 0.15) is 41.1 Å². The lowest BCUT2D eigenvalue weighted by molar-refractivity contribution is 0.108. The Kier molecular flexibility index (Phi) is 2.51. The lowest BCUT2D eigenvalue weighted by Crippen LogP contribution is -2.25. The molecule has 2 rings (SSSR count).